The van der Waals surface area contributed by atoms with Crippen LogP contribution in [0.4, 0.5) is 0 Å². The summed E-state index contributed by atoms with van der Waals surface area (Å²) in [5, 5.41) is 21.9. The normalized spacial score (nSPS) is 23.4. The van der Waals surface area contributed by atoms with Crippen LogP contribution in [-0.4, -0.2) is 35.3 Å². The molecule has 5 heteroatoms. The molecule has 0 heterocycles. The maximum Gasteiger partial charge on any atom is 0.132 e. The Bertz CT molecular complexity index is 473. The Hall–Kier alpha value is -1.75. The number of aliphatic hydroxyl groups excluding tert-OH is 1. The summed E-state index contributed by atoms with van der Waals surface area (Å²) in [5.41, 5.74) is 1.16. The fourth-order valence-electron chi connectivity index (χ4n) is 2.29. The molecule has 0 spiro atoms. The number of oxime groups is 1. The van der Waals surface area contributed by atoms with Crippen LogP contribution in [0.3, 0.4) is 0 Å². The van der Waals surface area contributed by atoms with E-state index >= 15 is 0 Å². The average molecular weight is 265 g/mol. The van der Waals surface area contributed by atoms with Crippen molar-refractivity contribution in [3.05, 3.63) is 23.8 Å². The van der Waals surface area contributed by atoms with E-state index in [1.54, 1.807) is 32.2 Å². The number of hydrogen-bond acceptors (Lipinski definition) is 5. The zero-order valence-electron chi connectivity index (χ0n) is 11.2. The Morgan fingerprint density at radius 2 is 2.16 bits per heavy atom. The minimum absolute atomic E-state index is 0.211. The van der Waals surface area contributed by atoms with Crippen molar-refractivity contribution in [3.8, 4) is 11.5 Å². The molecule has 0 amide bonds. The van der Waals surface area contributed by atoms with Crippen LogP contribution in [0.15, 0.2) is 23.4 Å². The fraction of sp³-hybridized carbons (Fsp3) is 0.500. The molecule has 0 aromatic heterocycles. The van der Waals surface area contributed by atoms with E-state index in [-0.39, 0.29) is 6.10 Å². The van der Waals surface area contributed by atoms with E-state index in [1.807, 2.05) is 0 Å². The van der Waals surface area contributed by atoms with Gasteiger partial charge in [-0.15, -0.1) is 0 Å². The molecule has 1 aliphatic rings. The van der Waals surface area contributed by atoms with Crippen molar-refractivity contribution in [2.45, 2.75) is 38.4 Å². The van der Waals surface area contributed by atoms with Crippen molar-refractivity contribution in [3.63, 3.8) is 0 Å². The molecule has 1 aromatic carbocycles. The maximum absolute atomic E-state index is 9.83. The monoisotopic (exact) mass is 265 g/mol. The Balaban J connectivity index is 2.29. The lowest BCUT2D eigenvalue weighted by Crippen LogP contribution is -2.26. The summed E-state index contributed by atoms with van der Waals surface area (Å²) in [5.74, 6) is 1.23. The fourth-order valence-corrected chi connectivity index (χ4v) is 2.29. The SMILES string of the molecule is COc1ccc(/C(C)=N/O)c(OC2CCCC2O)c1. The first-order valence-corrected chi connectivity index (χ1v) is 6.37. The molecular formula is C14H19NO4. The molecule has 104 valence electrons. The summed E-state index contributed by atoms with van der Waals surface area (Å²) >= 11 is 0. The summed E-state index contributed by atoms with van der Waals surface area (Å²) in [6, 6.07) is 5.31. The van der Waals surface area contributed by atoms with Gasteiger partial charge in [0.2, 0.25) is 0 Å². The predicted molar refractivity (Wildman–Crippen MR) is 71.3 cm³/mol. The molecule has 2 atom stereocenters. The third kappa shape index (κ3) is 2.98. The molecule has 0 bridgehead atoms. The second-order valence-corrected chi connectivity index (χ2v) is 4.70. The number of ether oxygens (including phenoxy) is 2. The van der Waals surface area contributed by atoms with Crippen molar-refractivity contribution in [2.24, 2.45) is 5.16 Å². The van der Waals surface area contributed by atoms with E-state index < -0.39 is 6.10 Å². The van der Waals surface area contributed by atoms with Gasteiger partial charge in [0, 0.05) is 11.6 Å². The topological polar surface area (TPSA) is 71.3 Å². The van der Waals surface area contributed by atoms with Crippen LogP contribution in [-0.2, 0) is 0 Å². The highest BCUT2D eigenvalue weighted by Gasteiger charge is 2.28. The van der Waals surface area contributed by atoms with E-state index in [2.05, 4.69) is 5.16 Å². The quantitative estimate of drug-likeness (QED) is 0.497. The van der Waals surface area contributed by atoms with Gasteiger partial charge in [-0.05, 0) is 38.3 Å². The first kappa shape index (κ1) is 13.7. The second kappa shape index (κ2) is 5.93. The number of rotatable bonds is 4. The molecule has 0 saturated heterocycles. The highest BCUT2D eigenvalue weighted by molar-refractivity contribution is 6.00. The molecule has 1 fully saturated rings. The van der Waals surface area contributed by atoms with E-state index in [0.717, 1.165) is 19.3 Å². The minimum Gasteiger partial charge on any atom is -0.497 e. The van der Waals surface area contributed by atoms with Crippen LogP contribution in [0.25, 0.3) is 0 Å². The number of nitrogens with zero attached hydrogens (tertiary/aromatic N) is 1. The minimum atomic E-state index is -0.439. The first-order chi connectivity index (χ1) is 9.15. The highest BCUT2D eigenvalue weighted by Crippen LogP contribution is 2.30. The van der Waals surface area contributed by atoms with Gasteiger partial charge in [-0.3, -0.25) is 0 Å². The third-order valence-electron chi connectivity index (χ3n) is 3.42. The molecule has 1 aliphatic carbocycles. The average Bonchev–Trinajstić information content (AvgIpc) is 2.83. The van der Waals surface area contributed by atoms with Gasteiger partial charge in [0.1, 0.15) is 17.6 Å². The van der Waals surface area contributed by atoms with Crippen molar-refractivity contribution < 1.29 is 19.8 Å². The van der Waals surface area contributed by atoms with Crippen molar-refractivity contribution in [1.29, 1.82) is 0 Å². The van der Waals surface area contributed by atoms with Gasteiger partial charge in [0.05, 0.1) is 18.9 Å². The zero-order chi connectivity index (χ0) is 13.8. The Kier molecular flexibility index (Phi) is 4.27. The Morgan fingerprint density at radius 3 is 2.74 bits per heavy atom. The van der Waals surface area contributed by atoms with Gasteiger partial charge in [0.15, 0.2) is 0 Å². The summed E-state index contributed by atoms with van der Waals surface area (Å²) in [4.78, 5) is 0. The predicted octanol–water partition coefficient (Wildman–Crippen LogP) is 2.19. The van der Waals surface area contributed by atoms with Gasteiger partial charge in [-0.25, -0.2) is 0 Å². The maximum atomic E-state index is 9.83. The highest BCUT2D eigenvalue weighted by atomic mass is 16.5. The van der Waals surface area contributed by atoms with Crippen LogP contribution in [0.1, 0.15) is 31.7 Å². The summed E-state index contributed by atoms with van der Waals surface area (Å²) in [7, 11) is 1.58. The van der Waals surface area contributed by atoms with Gasteiger partial charge < -0.3 is 19.8 Å². The number of methoxy groups -OCH3 is 1. The van der Waals surface area contributed by atoms with Crippen LogP contribution in [0.2, 0.25) is 0 Å². The molecular weight excluding hydrogens is 246 g/mol. The van der Waals surface area contributed by atoms with Gasteiger partial charge in [0.25, 0.3) is 0 Å². The Morgan fingerprint density at radius 1 is 1.37 bits per heavy atom. The third-order valence-corrected chi connectivity index (χ3v) is 3.42. The van der Waals surface area contributed by atoms with Gasteiger partial charge >= 0.3 is 0 Å². The van der Waals surface area contributed by atoms with Crippen molar-refractivity contribution in [2.75, 3.05) is 7.11 Å². The number of benzene rings is 1. The van der Waals surface area contributed by atoms with Crippen LogP contribution < -0.4 is 9.47 Å². The molecule has 5 nitrogen and oxygen atoms in total. The van der Waals surface area contributed by atoms with Gasteiger partial charge in [-0.2, -0.15) is 0 Å². The lowest BCUT2D eigenvalue weighted by atomic mass is 10.1. The molecule has 19 heavy (non-hydrogen) atoms. The standard InChI is InChI=1S/C14H19NO4/c1-9(15-17)11-7-6-10(18-2)8-14(11)19-13-5-3-4-12(13)16/h6-8,12-13,16-17H,3-5H2,1-2H3/b15-9+. The van der Waals surface area contributed by atoms with Crippen molar-refractivity contribution in [1.82, 2.24) is 0 Å². The van der Waals surface area contributed by atoms with E-state index in [0.29, 0.717) is 22.8 Å². The summed E-state index contributed by atoms with van der Waals surface area (Å²) < 4.78 is 11.0. The molecule has 1 aromatic rings. The first-order valence-electron chi connectivity index (χ1n) is 6.37. The van der Waals surface area contributed by atoms with Crippen LogP contribution >= 0.6 is 0 Å². The van der Waals surface area contributed by atoms with E-state index in [9.17, 15) is 5.11 Å². The number of hydrogen-bond donors (Lipinski definition) is 2. The lowest BCUT2D eigenvalue weighted by molar-refractivity contribution is 0.0601. The largest absolute Gasteiger partial charge is 0.497 e. The van der Waals surface area contributed by atoms with Crippen LogP contribution in [0.5, 0.6) is 11.5 Å². The molecule has 1 saturated carbocycles. The van der Waals surface area contributed by atoms with Gasteiger partial charge in [-0.1, -0.05) is 5.16 Å². The van der Waals surface area contributed by atoms with E-state index in [4.69, 9.17) is 14.7 Å². The number of aliphatic hydroxyl groups is 1. The molecule has 0 radical (unpaired) electrons. The Labute approximate surface area is 112 Å². The zero-order valence-corrected chi connectivity index (χ0v) is 11.2. The smallest absolute Gasteiger partial charge is 0.132 e. The molecule has 2 unspecified atom stereocenters. The lowest BCUT2D eigenvalue weighted by Gasteiger charge is -2.19. The second-order valence-electron chi connectivity index (χ2n) is 4.70. The van der Waals surface area contributed by atoms with Crippen molar-refractivity contribution >= 4 is 5.71 Å². The summed E-state index contributed by atoms with van der Waals surface area (Å²) in [6.45, 7) is 1.69. The molecule has 2 rings (SSSR count). The van der Waals surface area contributed by atoms with E-state index in [1.165, 1.54) is 0 Å². The molecule has 2 N–H and O–H groups in total. The summed E-state index contributed by atoms with van der Waals surface area (Å²) in [6.07, 6.45) is 1.89. The molecule has 0 aliphatic heterocycles. The van der Waals surface area contributed by atoms with Crippen LogP contribution in [0, 0.1) is 0 Å².